The molecule has 0 aliphatic rings. The quantitative estimate of drug-likeness (QED) is 0.396. The average Bonchev–Trinajstić information content (AvgIpc) is 3.45. The van der Waals surface area contributed by atoms with Crippen LogP contribution in [-0.4, -0.2) is 35.4 Å². The predicted octanol–water partition coefficient (Wildman–Crippen LogP) is 4.41. The molecule has 0 aliphatic carbocycles. The molecule has 3 aromatic heterocycles. The van der Waals surface area contributed by atoms with Gasteiger partial charge in [-0.3, -0.25) is 9.36 Å². The van der Waals surface area contributed by atoms with Crippen molar-refractivity contribution in [1.29, 1.82) is 0 Å². The Morgan fingerprint density at radius 3 is 2.41 bits per heavy atom. The van der Waals surface area contributed by atoms with Crippen molar-refractivity contribution in [3.8, 4) is 11.5 Å². The highest BCUT2D eigenvalue weighted by Crippen LogP contribution is 2.33. The number of amides is 1. The number of nitrogens with zero attached hydrogens (tertiary/aromatic N) is 6. The number of benzene rings is 2. The number of aromatic nitrogens is 6. The number of carbonyl (C=O) groups excluding carboxylic acids is 1. The van der Waals surface area contributed by atoms with E-state index in [4.69, 9.17) is 0 Å². The van der Waals surface area contributed by atoms with Crippen molar-refractivity contribution >= 4 is 22.6 Å². The van der Waals surface area contributed by atoms with Gasteiger partial charge in [0.1, 0.15) is 18.0 Å². The van der Waals surface area contributed by atoms with E-state index in [0.29, 0.717) is 10.5 Å². The summed E-state index contributed by atoms with van der Waals surface area (Å²) in [4.78, 5) is 21.2. The molecular weight excluding hydrogens is 454 g/mol. The molecule has 12 heteroatoms. The topological polar surface area (TPSA) is 90.5 Å². The van der Waals surface area contributed by atoms with Gasteiger partial charge in [-0.05, 0) is 48.5 Å². The highest BCUT2D eigenvalue weighted by Gasteiger charge is 2.42. The molecule has 170 valence electrons. The molecule has 0 bridgehead atoms. The van der Waals surface area contributed by atoms with Crippen molar-refractivity contribution in [2.45, 2.75) is 6.18 Å². The minimum absolute atomic E-state index is 0.0983. The monoisotopic (exact) mass is 467 g/mol. The van der Waals surface area contributed by atoms with E-state index in [1.54, 1.807) is 17.0 Å². The summed E-state index contributed by atoms with van der Waals surface area (Å²) >= 11 is 0. The largest absolute Gasteiger partial charge is 0.435 e. The Morgan fingerprint density at radius 2 is 1.71 bits per heavy atom. The maximum absolute atomic E-state index is 13.8. The number of para-hydroxylation sites is 2. The molecule has 0 saturated carbocycles. The van der Waals surface area contributed by atoms with Crippen LogP contribution in [0.2, 0.25) is 0 Å². The number of anilines is 1. The molecule has 0 fully saturated rings. The molecule has 0 radical (unpaired) electrons. The lowest BCUT2D eigenvalue weighted by Crippen LogP contribution is -2.21. The van der Waals surface area contributed by atoms with Crippen LogP contribution in [0.4, 0.5) is 23.2 Å². The van der Waals surface area contributed by atoms with E-state index in [1.165, 1.54) is 12.3 Å². The third-order valence-electron chi connectivity index (χ3n) is 4.93. The second kappa shape index (κ2) is 8.06. The van der Waals surface area contributed by atoms with Crippen LogP contribution in [0.5, 0.6) is 0 Å². The summed E-state index contributed by atoms with van der Waals surface area (Å²) in [6.07, 6.45) is -2.05. The van der Waals surface area contributed by atoms with Crippen LogP contribution in [0, 0.1) is 5.82 Å². The van der Waals surface area contributed by atoms with Gasteiger partial charge in [-0.25, -0.2) is 19.0 Å². The van der Waals surface area contributed by atoms with Gasteiger partial charge in [-0.2, -0.15) is 13.2 Å². The van der Waals surface area contributed by atoms with E-state index in [0.717, 1.165) is 35.3 Å². The Kier molecular flexibility index (Phi) is 5.04. The van der Waals surface area contributed by atoms with E-state index in [9.17, 15) is 22.4 Å². The first-order valence-corrected chi connectivity index (χ1v) is 9.80. The molecule has 0 aliphatic heterocycles. The standard InChI is InChI=1S/C22H13F4N7O/c23-13-5-8-15(9-6-13)33-20(22(24,25)26)19(30-31-33)21(34)29-14-7-10-18(27-11-14)32-12-28-16-3-1-2-4-17(16)32/h1-12H,(H,29,34). The fourth-order valence-electron chi connectivity index (χ4n) is 3.39. The Bertz CT molecular complexity index is 1490. The van der Waals surface area contributed by atoms with Crippen LogP contribution < -0.4 is 5.32 Å². The van der Waals surface area contributed by atoms with Crippen molar-refractivity contribution in [3.63, 3.8) is 0 Å². The zero-order valence-corrected chi connectivity index (χ0v) is 17.0. The summed E-state index contributed by atoms with van der Waals surface area (Å²) in [5.74, 6) is -1.25. The van der Waals surface area contributed by atoms with Crippen molar-refractivity contribution in [3.05, 3.63) is 90.4 Å². The summed E-state index contributed by atoms with van der Waals surface area (Å²) in [7, 11) is 0. The van der Waals surface area contributed by atoms with Crippen molar-refractivity contribution in [2.75, 3.05) is 5.32 Å². The van der Waals surface area contributed by atoms with E-state index in [2.05, 4.69) is 25.6 Å². The molecule has 0 unspecified atom stereocenters. The molecule has 5 rings (SSSR count). The van der Waals surface area contributed by atoms with Gasteiger partial charge < -0.3 is 5.32 Å². The molecule has 34 heavy (non-hydrogen) atoms. The molecule has 0 spiro atoms. The van der Waals surface area contributed by atoms with E-state index in [1.807, 2.05) is 24.3 Å². The number of alkyl halides is 3. The zero-order valence-electron chi connectivity index (χ0n) is 17.0. The maximum Gasteiger partial charge on any atom is 0.435 e. The Morgan fingerprint density at radius 1 is 0.941 bits per heavy atom. The van der Waals surface area contributed by atoms with Crippen LogP contribution in [0.1, 0.15) is 16.2 Å². The third kappa shape index (κ3) is 3.85. The smallest absolute Gasteiger partial charge is 0.319 e. The molecule has 3 heterocycles. The van der Waals surface area contributed by atoms with Crippen molar-refractivity contribution < 1.29 is 22.4 Å². The number of rotatable bonds is 4. The Hall–Kier alpha value is -4.61. The number of pyridine rings is 1. The summed E-state index contributed by atoms with van der Waals surface area (Å²) in [5, 5.41) is 9.24. The number of hydrogen-bond acceptors (Lipinski definition) is 5. The van der Waals surface area contributed by atoms with Gasteiger partial charge in [0, 0.05) is 0 Å². The van der Waals surface area contributed by atoms with Gasteiger partial charge in [0.25, 0.3) is 5.91 Å². The van der Waals surface area contributed by atoms with Crippen LogP contribution in [0.25, 0.3) is 22.5 Å². The lowest BCUT2D eigenvalue weighted by Gasteiger charge is -2.11. The molecule has 1 N–H and O–H groups in total. The van der Waals surface area contributed by atoms with E-state index in [-0.39, 0.29) is 11.4 Å². The summed E-state index contributed by atoms with van der Waals surface area (Å²) < 4.78 is 56.6. The highest BCUT2D eigenvalue weighted by molar-refractivity contribution is 6.03. The highest BCUT2D eigenvalue weighted by atomic mass is 19.4. The third-order valence-corrected chi connectivity index (χ3v) is 4.93. The predicted molar refractivity (Wildman–Crippen MR) is 113 cm³/mol. The SMILES string of the molecule is O=C(Nc1ccc(-n2cnc3ccccc32)nc1)c1nnn(-c2ccc(F)cc2)c1C(F)(F)F. The summed E-state index contributed by atoms with van der Waals surface area (Å²) in [5.41, 5.74) is -0.668. The molecule has 0 atom stereocenters. The Balaban J connectivity index is 1.43. The molecule has 1 amide bonds. The summed E-state index contributed by atoms with van der Waals surface area (Å²) in [6.45, 7) is 0. The lowest BCUT2D eigenvalue weighted by atomic mass is 10.2. The molecule has 0 saturated heterocycles. The van der Waals surface area contributed by atoms with Gasteiger partial charge in [0.15, 0.2) is 11.4 Å². The first kappa shape index (κ1) is 21.2. The maximum atomic E-state index is 13.8. The average molecular weight is 467 g/mol. The lowest BCUT2D eigenvalue weighted by molar-refractivity contribution is -0.143. The van der Waals surface area contributed by atoms with Crippen LogP contribution in [-0.2, 0) is 6.18 Å². The van der Waals surface area contributed by atoms with Crippen molar-refractivity contribution in [1.82, 2.24) is 29.5 Å². The summed E-state index contributed by atoms with van der Waals surface area (Å²) in [6, 6.07) is 14.7. The molecule has 2 aromatic carbocycles. The van der Waals surface area contributed by atoms with Crippen molar-refractivity contribution in [2.24, 2.45) is 0 Å². The first-order valence-electron chi connectivity index (χ1n) is 9.80. The first-order chi connectivity index (χ1) is 16.3. The van der Waals surface area contributed by atoms with Crippen LogP contribution in [0.15, 0.2) is 73.2 Å². The second-order valence-electron chi connectivity index (χ2n) is 7.14. The number of fused-ring (bicyclic) bond motifs is 1. The minimum Gasteiger partial charge on any atom is -0.319 e. The fraction of sp³-hybridized carbons (Fsp3) is 0.0455. The van der Waals surface area contributed by atoms with E-state index < -0.39 is 29.3 Å². The minimum atomic E-state index is -4.95. The van der Waals surface area contributed by atoms with Gasteiger partial charge in [0.05, 0.1) is 28.6 Å². The fourth-order valence-corrected chi connectivity index (χ4v) is 3.39. The van der Waals surface area contributed by atoms with Gasteiger partial charge in [-0.1, -0.05) is 17.3 Å². The molecule has 5 aromatic rings. The number of halogens is 4. The Labute approximate surface area is 188 Å². The number of hydrogen-bond donors (Lipinski definition) is 1. The zero-order chi connectivity index (χ0) is 23.9. The number of imidazole rings is 1. The normalized spacial score (nSPS) is 11.6. The second-order valence-corrected chi connectivity index (χ2v) is 7.14. The molecule has 8 nitrogen and oxygen atoms in total. The van der Waals surface area contributed by atoms with Gasteiger partial charge >= 0.3 is 6.18 Å². The van der Waals surface area contributed by atoms with Crippen LogP contribution >= 0.6 is 0 Å². The van der Waals surface area contributed by atoms with Gasteiger partial charge in [0.2, 0.25) is 0 Å². The van der Waals surface area contributed by atoms with Crippen LogP contribution in [0.3, 0.4) is 0 Å². The van der Waals surface area contributed by atoms with Gasteiger partial charge in [-0.15, -0.1) is 5.10 Å². The van der Waals surface area contributed by atoms with E-state index >= 15 is 0 Å². The number of nitrogens with one attached hydrogen (secondary N) is 1. The molecular formula is C22H13F4N7O. The number of carbonyl (C=O) groups is 1.